The van der Waals surface area contributed by atoms with Gasteiger partial charge in [0.2, 0.25) is 0 Å². The molecule has 4 amide bonds. The van der Waals surface area contributed by atoms with Gasteiger partial charge < -0.3 is 41.7 Å². The maximum absolute atomic E-state index is 12.3. The maximum atomic E-state index is 12.3. The summed E-state index contributed by atoms with van der Waals surface area (Å²) in [5, 5.41) is 57.1. The first-order valence-electron chi connectivity index (χ1n) is 34.4. The van der Waals surface area contributed by atoms with Crippen LogP contribution < -0.4 is 21.3 Å². The minimum absolute atomic E-state index is 0.0848. The van der Waals surface area contributed by atoms with Crippen LogP contribution in [0.2, 0.25) is 0 Å². The Morgan fingerprint density at radius 2 is 0.457 bits per heavy atom. The molecule has 8 atom stereocenters. The van der Waals surface area contributed by atoms with E-state index in [4.69, 9.17) is 0 Å². The molecule has 0 unspecified atom stereocenters. The van der Waals surface area contributed by atoms with E-state index in [1.807, 2.05) is 21.5 Å². The number of hydrogen-bond donors (Lipinski definition) is 8. The summed E-state index contributed by atoms with van der Waals surface area (Å²) in [6.45, 7) is 14.9. The van der Waals surface area contributed by atoms with Crippen LogP contribution in [0.1, 0.15) is 300 Å². The summed E-state index contributed by atoms with van der Waals surface area (Å²) in [5.74, 6) is -1.51. The largest absolute Gasteiger partial charge is 0.391 e. The van der Waals surface area contributed by atoms with Gasteiger partial charge in [0.25, 0.3) is 23.6 Å². The number of carbonyl (C=O) groups is 8. The van der Waals surface area contributed by atoms with Gasteiger partial charge >= 0.3 is 0 Å². The van der Waals surface area contributed by atoms with E-state index in [1.165, 1.54) is 148 Å². The zero-order chi connectivity index (χ0) is 68.3. The minimum Gasteiger partial charge on any atom is -0.391 e. The van der Waals surface area contributed by atoms with Crippen molar-refractivity contribution in [2.24, 2.45) is 0 Å². The van der Waals surface area contributed by atoms with Gasteiger partial charge in [-0.1, -0.05) is 206 Å². The van der Waals surface area contributed by atoms with Crippen LogP contribution in [0, 0.1) is 0 Å². The molecule has 20 heteroatoms. The van der Waals surface area contributed by atoms with Crippen LogP contribution in [0.25, 0.3) is 0 Å². The van der Waals surface area contributed by atoms with E-state index in [9.17, 15) is 58.8 Å². The van der Waals surface area contributed by atoms with E-state index in [0.717, 1.165) is 77.0 Å². The smallest absolute Gasteiger partial charge is 0.262 e. The lowest BCUT2D eigenvalue weighted by Crippen LogP contribution is -2.47. The van der Waals surface area contributed by atoms with Crippen molar-refractivity contribution in [2.75, 3.05) is 0 Å². The Hall–Kier alpha value is -4.80. The Morgan fingerprint density at radius 3 is 0.598 bits per heavy atom. The predicted octanol–water partition coefficient (Wildman–Crippen LogP) is 15.7. The Morgan fingerprint density at radius 1 is 0.293 bits per heavy atom. The molecule has 0 saturated carbocycles. The molecule has 0 bridgehead atoms. The monoisotopic (exact) mass is 1360 g/mol. The van der Waals surface area contributed by atoms with Crippen molar-refractivity contribution in [1.29, 1.82) is 0 Å². The molecule has 4 heterocycles. The lowest BCUT2D eigenvalue weighted by molar-refractivity contribution is -0.124. The number of amides is 4. The first-order chi connectivity index (χ1) is 44.2. The highest BCUT2D eigenvalue weighted by molar-refractivity contribution is 7.13. The van der Waals surface area contributed by atoms with E-state index < -0.39 is 48.6 Å². The quantitative estimate of drug-likeness (QED) is 0.0192. The van der Waals surface area contributed by atoms with Gasteiger partial charge in [-0.25, -0.2) is 0 Å². The zero-order valence-electron chi connectivity index (χ0n) is 56.9. The molecule has 520 valence electrons. The molecular formula is C72H116N4O12S4. The summed E-state index contributed by atoms with van der Waals surface area (Å²) in [7, 11) is 0. The second kappa shape index (κ2) is 54.4. The number of unbranched alkanes of at least 4 members (excludes halogenated alkanes) is 24. The van der Waals surface area contributed by atoms with Crippen molar-refractivity contribution in [1.82, 2.24) is 21.3 Å². The summed E-state index contributed by atoms with van der Waals surface area (Å²) in [6.07, 6.45) is 30.1. The number of nitrogens with one attached hydrogen (secondary N) is 4. The topological polar surface area (TPSA) is 266 Å². The second-order valence-electron chi connectivity index (χ2n) is 24.0. The van der Waals surface area contributed by atoms with Crippen molar-refractivity contribution >= 4 is 92.1 Å². The summed E-state index contributed by atoms with van der Waals surface area (Å²) in [5.41, 5.74) is 0. The van der Waals surface area contributed by atoms with Crippen LogP contribution in [0.15, 0.2) is 70.1 Å². The van der Waals surface area contributed by atoms with Gasteiger partial charge in [-0.05, 0) is 99.2 Å². The molecule has 16 nitrogen and oxygen atoms in total. The first-order valence-corrected chi connectivity index (χ1v) is 38.0. The molecule has 4 rings (SSSR count). The molecule has 8 N–H and O–H groups in total. The molecule has 4 aromatic rings. The number of rotatable bonds is 48. The highest BCUT2D eigenvalue weighted by atomic mass is 32.1. The Labute approximate surface area is 567 Å². The molecule has 92 heavy (non-hydrogen) atoms. The Bertz CT molecular complexity index is 2170. The molecule has 0 aromatic carbocycles. The molecule has 0 aliphatic heterocycles. The number of carbonyl (C=O) groups excluding carboxylic acids is 8. The fourth-order valence-corrected chi connectivity index (χ4v) is 12.5. The van der Waals surface area contributed by atoms with E-state index in [2.05, 4.69) is 49.0 Å². The fourth-order valence-electron chi connectivity index (χ4n) is 10.0. The van der Waals surface area contributed by atoms with Gasteiger partial charge in [0.1, 0.15) is 24.2 Å². The molecule has 0 fully saturated rings. The third-order valence-corrected chi connectivity index (χ3v) is 19.0. The van der Waals surface area contributed by atoms with Gasteiger partial charge in [-0.2, -0.15) is 0 Å². The van der Waals surface area contributed by atoms with E-state index in [1.54, 1.807) is 76.2 Å². The lowest BCUT2D eigenvalue weighted by Gasteiger charge is -2.20. The molecule has 0 aliphatic rings. The number of ketones is 4. The molecule has 0 spiro atoms. The van der Waals surface area contributed by atoms with Crippen LogP contribution >= 0.6 is 45.3 Å². The third kappa shape index (κ3) is 39.8. The standard InChI is InChI=1S/4C18H29NO3S/c4*1-3-4-5-6-7-8-9-11-15(21)17(14(2)20)19-18(22)16-12-10-13-23-16/h4*10,12-14,17,20H,3-9,11H2,1-2H3,(H,19,22)/t2*14-,17+;2*14-,17-/m1010/s1. The zero-order valence-corrected chi connectivity index (χ0v) is 60.1. The predicted molar refractivity (Wildman–Crippen MR) is 379 cm³/mol. The van der Waals surface area contributed by atoms with Gasteiger partial charge in [0.15, 0.2) is 23.1 Å². The van der Waals surface area contributed by atoms with E-state index >= 15 is 0 Å². The van der Waals surface area contributed by atoms with Crippen molar-refractivity contribution < 1.29 is 58.8 Å². The molecule has 0 radical (unpaired) electrons. The summed E-state index contributed by atoms with van der Waals surface area (Å²) >= 11 is 5.29. The van der Waals surface area contributed by atoms with E-state index in [0.29, 0.717) is 45.2 Å². The molecular weight excluding hydrogens is 1240 g/mol. The summed E-state index contributed by atoms with van der Waals surface area (Å²) in [4.78, 5) is 99.4. The SMILES string of the molecule is CCCCCCCCCC(=O)[C@@H](NC(=O)c1cccs1)[C@@H](C)O.CCCCCCCCCC(=O)[C@@H](NC(=O)c1cccs1)[C@H](C)O.CCCCCCCCCC(=O)[C@H](NC(=O)c1cccs1)[C@@H](C)O.CCCCCCCCCC(=O)[C@H](NC(=O)c1cccs1)[C@H](C)O. The Balaban J connectivity index is 0.000000613. The summed E-state index contributed by atoms with van der Waals surface area (Å²) < 4.78 is 0. The van der Waals surface area contributed by atoms with Crippen LogP contribution in [0.3, 0.4) is 0 Å². The highest BCUT2D eigenvalue weighted by Crippen LogP contribution is 2.18. The van der Waals surface area contributed by atoms with Crippen LogP contribution in [0.4, 0.5) is 0 Å². The molecule has 0 aliphatic carbocycles. The van der Waals surface area contributed by atoms with Crippen molar-refractivity contribution in [3.8, 4) is 0 Å². The molecule has 4 aromatic heterocycles. The average molecular weight is 1360 g/mol. The Kier molecular flexibility index (Phi) is 50.4. The van der Waals surface area contributed by atoms with Crippen molar-refractivity contribution in [3.05, 3.63) is 89.6 Å². The number of thiophene rings is 4. The lowest BCUT2D eigenvalue weighted by atomic mass is 10.0. The number of aliphatic hydroxyl groups is 4. The van der Waals surface area contributed by atoms with Gasteiger partial charge in [-0.15, -0.1) is 45.3 Å². The number of aliphatic hydroxyl groups excluding tert-OH is 4. The normalized spacial score (nSPS) is 13.5. The van der Waals surface area contributed by atoms with Crippen LogP contribution in [-0.2, 0) is 19.2 Å². The number of hydrogen-bond acceptors (Lipinski definition) is 16. The van der Waals surface area contributed by atoms with E-state index in [-0.39, 0.29) is 46.8 Å². The average Bonchev–Trinajstić information content (AvgIpc) is 2.58. The maximum Gasteiger partial charge on any atom is 0.262 e. The van der Waals surface area contributed by atoms with Gasteiger partial charge in [0.05, 0.1) is 43.9 Å². The van der Waals surface area contributed by atoms with Crippen LogP contribution in [0.5, 0.6) is 0 Å². The summed E-state index contributed by atoms with van der Waals surface area (Å²) in [6, 6.07) is 10.7. The van der Waals surface area contributed by atoms with Crippen molar-refractivity contribution in [3.63, 3.8) is 0 Å². The minimum atomic E-state index is -0.879. The van der Waals surface area contributed by atoms with Crippen LogP contribution in [-0.4, -0.2) is 116 Å². The fraction of sp³-hybridized carbons (Fsp3) is 0.667. The highest BCUT2D eigenvalue weighted by Gasteiger charge is 2.29. The van der Waals surface area contributed by atoms with Gasteiger partial charge in [0, 0.05) is 25.7 Å². The second-order valence-corrected chi connectivity index (χ2v) is 27.8. The third-order valence-electron chi connectivity index (χ3n) is 15.6. The van der Waals surface area contributed by atoms with Gasteiger partial charge in [-0.3, -0.25) is 38.4 Å². The molecule has 0 saturated heterocycles. The first kappa shape index (κ1) is 85.2. The number of Topliss-reactive ketones (excluding diaryl/α,β-unsaturated/α-hetero) is 4. The van der Waals surface area contributed by atoms with Crippen molar-refractivity contribution in [2.45, 2.75) is 309 Å².